The Labute approximate surface area is 177 Å². The lowest BCUT2D eigenvalue weighted by Crippen LogP contribution is -2.49. The zero-order valence-corrected chi connectivity index (χ0v) is 17.6. The predicted octanol–water partition coefficient (Wildman–Crippen LogP) is 4.59. The number of hydrogen-bond acceptors (Lipinski definition) is 3. The summed E-state index contributed by atoms with van der Waals surface area (Å²) in [6, 6.07) is 23.0. The maximum Gasteiger partial charge on any atom is 0.408 e. The van der Waals surface area contributed by atoms with Crippen LogP contribution in [0.1, 0.15) is 31.9 Å². The molecule has 0 saturated heterocycles. The van der Waals surface area contributed by atoms with Gasteiger partial charge in [-0.1, -0.05) is 72.8 Å². The van der Waals surface area contributed by atoms with E-state index in [0.717, 1.165) is 21.9 Å². The topological polar surface area (TPSA) is 67.4 Å². The number of ether oxygens (including phenoxy) is 1. The number of fused-ring (bicyclic) bond motifs is 1. The van der Waals surface area contributed by atoms with Crippen molar-refractivity contribution >= 4 is 22.8 Å². The molecule has 0 saturated carbocycles. The molecule has 0 bridgehead atoms. The Balaban J connectivity index is 1.74. The van der Waals surface area contributed by atoms with E-state index in [4.69, 9.17) is 4.74 Å². The highest BCUT2D eigenvalue weighted by Gasteiger charge is 2.24. The smallest absolute Gasteiger partial charge is 0.408 e. The second-order valence-corrected chi connectivity index (χ2v) is 8.29. The van der Waals surface area contributed by atoms with Crippen LogP contribution in [-0.2, 0) is 22.5 Å². The number of amides is 2. The van der Waals surface area contributed by atoms with Crippen LogP contribution in [0.5, 0.6) is 0 Å². The van der Waals surface area contributed by atoms with Crippen molar-refractivity contribution < 1.29 is 14.3 Å². The zero-order chi connectivity index (χ0) is 21.6. The monoisotopic (exact) mass is 404 g/mol. The molecule has 0 unspecified atom stereocenters. The maximum absolute atomic E-state index is 12.9. The van der Waals surface area contributed by atoms with Crippen LogP contribution in [0.25, 0.3) is 10.8 Å². The van der Waals surface area contributed by atoms with Gasteiger partial charge in [-0.2, -0.15) is 0 Å². The van der Waals surface area contributed by atoms with Gasteiger partial charge in [-0.15, -0.1) is 0 Å². The minimum Gasteiger partial charge on any atom is -0.444 e. The minimum atomic E-state index is -0.746. The first-order valence-electron chi connectivity index (χ1n) is 10.1. The molecule has 2 N–H and O–H groups in total. The molecule has 1 atom stereocenters. The van der Waals surface area contributed by atoms with E-state index < -0.39 is 17.7 Å². The van der Waals surface area contributed by atoms with Crippen LogP contribution in [0, 0.1) is 0 Å². The lowest BCUT2D eigenvalue weighted by atomic mass is 10.0. The number of rotatable bonds is 6. The Morgan fingerprint density at radius 2 is 1.53 bits per heavy atom. The fourth-order valence-electron chi connectivity index (χ4n) is 3.17. The molecule has 0 aliphatic carbocycles. The molecule has 0 spiro atoms. The molecule has 3 aromatic carbocycles. The van der Waals surface area contributed by atoms with Crippen molar-refractivity contribution in [1.29, 1.82) is 0 Å². The summed E-state index contributed by atoms with van der Waals surface area (Å²) in [4.78, 5) is 25.2. The second-order valence-electron chi connectivity index (χ2n) is 8.29. The minimum absolute atomic E-state index is 0.252. The van der Waals surface area contributed by atoms with Crippen LogP contribution in [0.4, 0.5) is 4.79 Å². The number of hydrogen-bond donors (Lipinski definition) is 2. The van der Waals surface area contributed by atoms with E-state index in [9.17, 15) is 9.59 Å². The van der Waals surface area contributed by atoms with E-state index in [0.29, 0.717) is 13.0 Å². The van der Waals surface area contributed by atoms with Gasteiger partial charge >= 0.3 is 6.09 Å². The van der Waals surface area contributed by atoms with E-state index in [-0.39, 0.29) is 5.91 Å². The number of carbonyl (C=O) groups is 2. The third-order valence-corrected chi connectivity index (χ3v) is 4.57. The molecule has 0 aliphatic heterocycles. The fraction of sp³-hybridized carbons (Fsp3) is 0.280. The summed E-state index contributed by atoms with van der Waals surface area (Å²) < 4.78 is 5.36. The molecular formula is C25H28N2O3. The molecule has 0 heterocycles. The standard InChI is InChI=1S/C25H28N2O3/c1-25(2,3)30-24(29)27-22(23(28)26-17-18-9-5-4-6-10-18)16-19-13-14-20-11-7-8-12-21(20)15-19/h4-15,22H,16-17H2,1-3H3,(H,26,28)(H,27,29)/t22-/m1/s1. The van der Waals surface area contributed by atoms with Crippen molar-refractivity contribution in [3.8, 4) is 0 Å². The number of benzene rings is 3. The Bertz CT molecular complexity index is 1010. The van der Waals surface area contributed by atoms with E-state index >= 15 is 0 Å². The highest BCUT2D eigenvalue weighted by molar-refractivity contribution is 5.87. The van der Waals surface area contributed by atoms with Gasteiger partial charge in [0, 0.05) is 13.0 Å². The van der Waals surface area contributed by atoms with Crippen LogP contribution < -0.4 is 10.6 Å². The SMILES string of the molecule is CC(C)(C)OC(=O)N[C@H](Cc1ccc2ccccc2c1)C(=O)NCc1ccccc1. The first kappa shape index (κ1) is 21.4. The molecule has 2 amide bonds. The third-order valence-electron chi connectivity index (χ3n) is 4.57. The van der Waals surface area contributed by atoms with Gasteiger partial charge < -0.3 is 15.4 Å². The van der Waals surface area contributed by atoms with Gasteiger partial charge in [0.15, 0.2) is 0 Å². The van der Waals surface area contributed by atoms with Crippen molar-refractivity contribution in [3.63, 3.8) is 0 Å². The zero-order valence-electron chi connectivity index (χ0n) is 17.6. The van der Waals surface area contributed by atoms with Gasteiger partial charge in [0.1, 0.15) is 11.6 Å². The lowest BCUT2D eigenvalue weighted by molar-refractivity contribution is -0.123. The molecular weight excluding hydrogens is 376 g/mol. The number of alkyl carbamates (subject to hydrolysis) is 1. The highest BCUT2D eigenvalue weighted by atomic mass is 16.6. The van der Waals surface area contributed by atoms with E-state index in [1.807, 2.05) is 72.8 Å². The molecule has 3 aromatic rings. The first-order chi connectivity index (χ1) is 14.3. The van der Waals surface area contributed by atoms with Crippen LogP contribution in [0.3, 0.4) is 0 Å². The molecule has 30 heavy (non-hydrogen) atoms. The van der Waals surface area contributed by atoms with E-state index in [1.54, 1.807) is 20.8 Å². The molecule has 156 valence electrons. The van der Waals surface area contributed by atoms with E-state index in [2.05, 4.69) is 10.6 Å². The van der Waals surface area contributed by atoms with Crippen LogP contribution >= 0.6 is 0 Å². The summed E-state index contributed by atoms with van der Waals surface area (Å²) in [6.45, 7) is 5.77. The summed E-state index contributed by atoms with van der Waals surface area (Å²) >= 11 is 0. The summed E-state index contributed by atoms with van der Waals surface area (Å²) in [6.07, 6.45) is -0.242. The maximum atomic E-state index is 12.9. The van der Waals surface area contributed by atoms with Crippen LogP contribution in [0.2, 0.25) is 0 Å². The third kappa shape index (κ3) is 6.34. The Hall–Kier alpha value is -3.34. The molecule has 0 aromatic heterocycles. The summed E-state index contributed by atoms with van der Waals surface area (Å²) in [5, 5.41) is 7.87. The van der Waals surface area contributed by atoms with Crippen molar-refractivity contribution in [2.24, 2.45) is 0 Å². The number of carbonyl (C=O) groups excluding carboxylic acids is 2. The average molecular weight is 405 g/mol. The largest absolute Gasteiger partial charge is 0.444 e. The van der Waals surface area contributed by atoms with Crippen molar-refractivity contribution in [1.82, 2.24) is 10.6 Å². The molecule has 0 fully saturated rings. The lowest BCUT2D eigenvalue weighted by Gasteiger charge is -2.23. The van der Waals surface area contributed by atoms with E-state index in [1.165, 1.54) is 0 Å². The molecule has 0 radical (unpaired) electrons. The number of nitrogens with one attached hydrogen (secondary N) is 2. The van der Waals surface area contributed by atoms with Gasteiger partial charge in [-0.3, -0.25) is 4.79 Å². The van der Waals surface area contributed by atoms with Gasteiger partial charge in [0.25, 0.3) is 0 Å². The first-order valence-corrected chi connectivity index (χ1v) is 10.1. The van der Waals surface area contributed by atoms with Crippen LogP contribution in [0.15, 0.2) is 72.8 Å². The summed E-state index contributed by atoms with van der Waals surface area (Å²) in [5.41, 5.74) is 1.31. The van der Waals surface area contributed by atoms with Gasteiger partial charge in [-0.25, -0.2) is 4.79 Å². The predicted molar refractivity (Wildman–Crippen MR) is 119 cm³/mol. The molecule has 0 aliphatic rings. The van der Waals surface area contributed by atoms with Gasteiger partial charge in [0.05, 0.1) is 0 Å². The van der Waals surface area contributed by atoms with Gasteiger partial charge in [-0.05, 0) is 42.7 Å². The summed E-state index contributed by atoms with van der Waals surface area (Å²) in [7, 11) is 0. The van der Waals surface area contributed by atoms with Crippen LogP contribution in [-0.4, -0.2) is 23.6 Å². The Kier molecular flexibility index (Phi) is 6.72. The van der Waals surface area contributed by atoms with Crippen molar-refractivity contribution in [3.05, 3.63) is 83.9 Å². The highest BCUT2D eigenvalue weighted by Crippen LogP contribution is 2.17. The average Bonchev–Trinajstić information content (AvgIpc) is 2.71. The normalized spacial score (nSPS) is 12.2. The Morgan fingerprint density at radius 3 is 2.23 bits per heavy atom. The fourth-order valence-corrected chi connectivity index (χ4v) is 3.17. The Morgan fingerprint density at radius 1 is 0.867 bits per heavy atom. The van der Waals surface area contributed by atoms with Gasteiger partial charge in [0.2, 0.25) is 5.91 Å². The van der Waals surface area contributed by atoms with Crippen molar-refractivity contribution in [2.45, 2.75) is 45.4 Å². The van der Waals surface area contributed by atoms with Crippen molar-refractivity contribution in [2.75, 3.05) is 0 Å². The quantitative estimate of drug-likeness (QED) is 0.631. The molecule has 5 heteroatoms. The second kappa shape index (κ2) is 9.44. The molecule has 3 rings (SSSR count). The molecule has 5 nitrogen and oxygen atoms in total. The summed E-state index contributed by atoms with van der Waals surface area (Å²) in [5.74, 6) is -0.252.